The Morgan fingerprint density at radius 1 is 0.467 bits per heavy atom. The van der Waals surface area contributed by atoms with Gasteiger partial charge in [0.1, 0.15) is 0 Å². The van der Waals surface area contributed by atoms with Crippen LogP contribution in [0, 0.1) is 0 Å². The Morgan fingerprint density at radius 3 is 1.44 bits per heavy atom. The molecule has 45 heavy (non-hydrogen) atoms. The van der Waals surface area contributed by atoms with Gasteiger partial charge in [-0.15, -0.1) is 0 Å². The van der Waals surface area contributed by atoms with E-state index in [4.69, 9.17) is 5.73 Å². The van der Waals surface area contributed by atoms with Crippen molar-refractivity contribution in [3.05, 3.63) is 175 Å². The maximum absolute atomic E-state index is 15.0. The summed E-state index contributed by atoms with van der Waals surface area (Å²) in [5.74, 6) is 0. The number of nitrogens with two attached hydrogens (primary N) is 1. The molecule has 0 amide bonds. The second kappa shape index (κ2) is 12.1. The minimum atomic E-state index is -4.17. The van der Waals surface area contributed by atoms with Gasteiger partial charge >= 0.3 is 0 Å². The SMILES string of the molecule is N[C@H](c1cccc2ccccc12)[C@H](NS(=O)(=O)c1c(-c2ccccc2)cccc1-c1ccccc1)c1cccc2ccccc12. The molecule has 0 unspecified atom stereocenters. The van der Waals surface area contributed by atoms with Crippen LogP contribution in [0.1, 0.15) is 23.2 Å². The highest BCUT2D eigenvalue weighted by molar-refractivity contribution is 7.89. The number of sulfonamides is 1. The lowest BCUT2D eigenvalue weighted by Gasteiger charge is -2.29. The predicted molar refractivity (Wildman–Crippen MR) is 185 cm³/mol. The summed E-state index contributed by atoms with van der Waals surface area (Å²) >= 11 is 0. The Labute approximate surface area is 263 Å². The van der Waals surface area contributed by atoms with E-state index in [1.807, 2.05) is 164 Å². The molecule has 0 radical (unpaired) electrons. The van der Waals surface area contributed by atoms with Crippen LogP contribution in [0.5, 0.6) is 0 Å². The molecule has 3 N–H and O–H groups in total. The molecule has 0 spiro atoms. The first-order chi connectivity index (χ1) is 22.0. The first-order valence-electron chi connectivity index (χ1n) is 15.0. The molecular weight excluding hydrogens is 573 g/mol. The van der Waals surface area contributed by atoms with Crippen LogP contribution in [0.15, 0.2) is 169 Å². The molecule has 0 bridgehead atoms. The topological polar surface area (TPSA) is 72.2 Å². The first-order valence-corrected chi connectivity index (χ1v) is 16.5. The maximum atomic E-state index is 15.0. The smallest absolute Gasteiger partial charge is 0.242 e. The molecule has 220 valence electrons. The fourth-order valence-electron chi connectivity index (χ4n) is 6.32. The van der Waals surface area contributed by atoms with Gasteiger partial charge in [-0.1, -0.05) is 164 Å². The van der Waals surface area contributed by atoms with Crippen molar-refractivity contribution in [2.75, 3.05) is 0 Å². The minimum Gasteiger partial charge on any atom is -0.322 e. The van der Waals surface area contributed by atoms with Gasteiger partial charge in [-0.2, -0.15) is 0 Å². The van der Waals surface area contributed by atoms with Crippen LogP contribution < -0.4 is 10.5 Å². The number of hydrogen-bond donors (Lipinski definition) is 2. The summed E-state index contributed by atoms with van der Waals surface area (Å²) in [6, 6.07) is 51.5. The predicted octanol–water partition coefficient (Wildman–Crippen LogP) is 9.05. The summed E-state index contributed by atoms with van der Waals surface area (Å²) in [4.78, 5) is 0.220. The molecule has 0 fully saturated rings. The fourth-order valence-corrected chi connectivity index (χ4v) is 7.99. The van der Waals surface area contributed by atoms with E-state index in [9.17, 15) is 8.42 Å². The second-order valence-electron chi connectivity index (χ2n) is 11.2. The zero-order chi connectivity index (χ0) is 30.8. The third kappa shape index (κ3) is 5.54. The number of rotatable bonds is 8. The normalized spacial score (nSPS) is 13.1. The Hall–Kier alpha value is -5.07. The van der Waals surface area contributed by atoms with Gasteiger partial charge in [0.05, 0.1) is 17.0 Å². The molecule has 0 aromatic heterocycles. The minimum absolute atomic E-state index is 0.220. The Balaban J connectivity index is 1.45. The fraction of sp³-hybridized carbons (Fsp3) is 0.0500. The molecule has 7 rings (SSSR count). The van der Waals surface area contributed by atoms with E-state index < -0.39 is 22.1 Å². The van der Waals surface area contributed by atoms with Crippen molar-refractivity contribution in [1.82, 2.24) is 4.72 Å². The number of nitrogens with one attached hydrogen (secondary N) is 1. The Kier molecular flexibility index (Phi) is 7.74. The van der Waals surface area contributed by atoms with Crippen LogP contribution in [0.2, 0.25) is 0 Å². The Morgan fingerprint density at radius 2 is 0.889 bits per heavy atom. The molecular formula is C40H32N2O2S. The molecule has 7 aromatic rings. The van der Waals surface area contributed by atoms with E-state index in [-0.39, 0.29) is 4.90 Å². The molecule has 0 heterocycles. The summed E-state index contributed by atoms with van der Waals surface area (Å²) in [7, 11) is -4.17. The quantitative estimate of drug-likeness (QED) is 0.182. The number of hydrogen-bond acceptors (Lipinski definition) is 3. The highest BCUT2D eigenvalue weighted by Gasteiger charge is 2.32. The average molecular weight is 605 g/mol. The second-order valence-corrected chi connectivity index (χ2v) is 12.8. The van der Waals surface area contributed by atoms with Gasteiger partial charge in [0, 0.05) is 11.1 Å². The summed E-state index contributed by atoms with van der Waals surface area (Å²) < 4.78 is 33.1. The van der Waals surface area contributed by atoms with E-state index >= 15 is 0 Å². The third-order valence-corrected chi connectivity index (χ3v) is 9.98. The van der Waals surface area contributed by atoms with Crippen LogP contribution >= 0.6 is 0 Å². The lowest BCUT2D eigenvalue weighted by molar-refractivity contribution is 0.508. The third-order valence-electron chi connectivity index (χ3n) is 8.44. The molecule has 0 aliphatic rings. The van der Waals surface area contributed by atoms with E-state index in [0.29, 0.717) is 11.1 Å². The van der Waals surface area contributed by atoms with E-state index in [1.165, 1.54) is 0 Å². The summed E-state index contributed by atoms with van der Waals surface area (Å²) in [5.41, 5.74) is 11.7. The van der Waals surface area contributed by atoms with Gasteiger partial charge in [0.15, 0.2) is 0 Å². The van der Waals surface area contributed by atoms with Crippen LogP contribution in [-0.2, 0) is 10.0 Å². The van der Waals surface area contributed by atoms with Crippen molar-refractivity contribution in [3.8, 4) is 22.3 Å². The van der Waals surface area contributed by atoms with E-state index in [1.54, 1.807) is 0 Å². The highest BCUT2D eigenvalue weighted by Crippen LogP contribution is 2.40. The zero-order valence-corrected chi connectivity index (χ0v) is 25.4. The molecule has 0 aliphatic carbocycles. The Bertz CT molecular complexity index is 2160. The largest absolute Gasteiger partial charge is 0.322 e. The van der Waals surface area contributed by atoms with Crippen molar-refractivity contribution >= 4 is 31.6 Å². The molecule has 0 aliphatic heterocycles. The monoisotopic (exact) mass is 604 g/mol. The van der Waals surface area contributed by atoms with E-state index in [2.05, 4.69) is 4.72 Å². The molecule has 5 heteroatoms. The average Bonchev–Trinajstić information content (AvgIpc) is 3.10. The zero-order valence-electron chi connectivity index (χ0n) is 24.5. The van der Waals surface area contributed by atoms with Crippen LogP contribution in [0.3, 0.4) is 0 Å². The maximum Gasteiger partial charge on any atom is 0.242 e. The van der Waals surface area contributed by atoms with Crippen LogP contribution in [0.25, 0.3) is 43.8 Å². The van der Waals surface area contributed by atoms with Crippen molar-refractivity contribution < 1.29 is 8.42 Å². The van der Waals surface area contributed by atoms with Crippen molar-refractivity contribution in [3.63, 3.8) is 0 Å². The molecule has 2 atom stereocenters. The molecule has 0 saturated carbocycles. The summed E-state index contributed by atoms with van der Waals surface area (Å²) in [6.07, 6.45) is 0. The summed E-state index contributed by atoms with van der Waals surface area (Å²) in [6.45, 7) is 0. The lowest BCUT2D eigenvalue weighted by Crippen LogP contribution is -2.36. The summed E-state index contributed by atoms with van der Waals surface area (Å²) in [5, 5.41) is 4.00. The van der Waals surface area contributed by atoms with Gasteiger partial charge < -0.3 is 5.73 Å². The first kappa shape index (κ1) is 28.7. The van der Waals surface area contributed by atoms with Crippen LogP contribution in [0.4, 0.5) is 0 Å². The molecule has 4 nitrogen and oxygen atoms in total. The molecule has 0 saturated heterocycles. The van der Waals surface area contributed by atoms with Gasteiger partial charge in [-0.25, -0.2) is 13.1 Å². The van der Waals surface area contributed by atoms with Gasteiger partial charge in [-0.3, -0.25) is 0 Å². The van der Waals surface area contributed by atoms with Gasteiger partial charge in [0.2, 0.25) is 10.0 Å². The van der Waals surface area contributed by atoms with Gasteiger partial charge in [0.25, 0.3) is 0 Å². The van der Waals surface area contributed by atoms with Crippen molar-refractivity contribution in [2.45, 2.75) is 17.0 Å². The highest BCUT2D eigenvalue weighted by atomic mass is 32.2. The lowest BCUT2D eigenvalue weighted by atomic mass is 9.89. The number of fused-ring (bicyclic) bond motifs is 2. The standard InChI is InChI=1S/C40H32N2O2S/c41-38(36-26-11-20-28-18-7-9-22-32(28)36)39(37-27-12-21-29-19-8-10-23-33(29)37)42-45(43,44)40-34(30-14-3-1-4-15-30)24-13-25-35(40)31-16-5-2-6-17-31/h1-27,38-39,42H,41H2/t38-,39-/m1/s1. The van der Waals surface area contributed by atoms with Crippen molar-refractivity contribution in [2.24, 2.45) is 5.73 Å². The molecule has 7 aromatic carbocycles. The van der Waals surface area contributed by atoms with Crippen LogP contribution in [-0.4, -0.2) is 8.42 Å². The number of benzene rings is 7. The van der Waals surface area contributed by atoms with Gasteiger partial charge in [-0.05, 0) is 43.8 Å². The van der Waals surface area contributed by atoms with E-state index in [0.717, 1.165) is 43.8 Å². The van der Waals surface area contributed by atoms with Crippen molar-refractivity contribution in [1.29, 1.82) is 0 Å².